The molecule has 1 unspecified atom stereocenters. The maximum absolute atomic E-state index is 8.97. The minimum atomic E-state index is 0.149. The lowest BCUT2D eigenvalue weighted by molar-refractivity contribution is -0.0749. The van der Waals surface area contributed by atoms with Crippen molar-refractivity contribution in [3.05, 3.63) is 29.3 Å². The van der Waals surface area contributed by atoms with Gasteiger partial charge in [0.05, 0.1) is 23.3 Å². The van der Waals surface area contributed by atoms with Gasteiger partial charge in [-0.3, -0.25) is 0 Å². The number of hydrogen-bond acceptors (Lipinski definition) is 3. The quantitative estimate of drug-likeness (QED) is 0.838. The van der Waals surface area contributed by atoms with Crippen LogP contribution in [-0.4, -0.2) is 18.3 Å². The summed E-state index contributed by atoms with van der Waals surface area (Å²) in [6.45, 7) is 2.60. The molecule has 0 amide bonds. The Morgan fingerprint density at radius 1 is 1.29 bits per heavy atom. The molecule has 1 heterocycles. The van der Waals surface area contributed by atoms with E-state index in [0.717, 1.165) is 17.7 Å². The van der Waals surface area contributed by atoms with Gasteiger partial charge in [-0.15, -0.1) is 0 Å². The summed E-state index contributed by atoms with van der Waals surface area (Å²) in [5.74, 6) is 0.808. The maximum atomic E-state index is 8.97. The molecule has 1 saturated heterocycles. The molecule has 21 heavy (non-hydrogen) atoms. The van der Waals surface area contributed by atoms with Crippen LogP contribution >= 0.6 is 0 Å². The highest BCUT2D eigenvalue weighted by Crippen LogP contribution is 2.42. The molecule has 3 heteroatoms. The van der Waals surface area contributed by atoms with Crippen molar-refractivity contribution in [1.82, 2.24) is 0 Å². The molecule has 0 radical (unpaired) electrons. The third-order valence-corrected chi connectivity index (χ3v) is 4.85. The van der Waals surface area contributed by atoms with Gasteiger partial charge in [0.15, 0.2) is 0 Å². The average Bonchev–Trinajstić information content (AvgIpc) is 2.90. The molecule has 2 aliphatic rings. The van der Waals surface area contributed by atoms with Crippen molar-refractivity contribution in [3.8, 4) is 11.8 Å². The van der Waals surface area contributed by atoms with E-state index < -0.39 is 0 Å². The average molecular weight is 285 g/mol. The zero-order chi connectivity index (χ0) is 14.7. The minimum absolute atomic E-state index is 0.149. The number of aryl methyl sites for hydroxylation is 1. The molecule has 1 saturated carbocycles. The SMILES string of the molecule is Cc1ccc(C#N)cc1OCC1CCC2(CCCCC2)O1. The number of hydrogen-bond donors (Lipinski definition) is 0. The lowest BCUT2D eigenvalue weighted by Crippen LogP contribution is -2.32. The topological polar surface area (TPSA) is 42.2 Å². The number of nitrogens with zero attached hydrogens (tertiary/aromatic N) is 1. The lowest BCUT2D eigenvalue weighted by Gasteiger charge is -2.33. The highest BCUT2D eigenvalue weighted by atomic mass is 16.6. The van der Waals surface area contributed by atoms with Gasteiger partial charge in [0.1, 0.15) is 12.4 Å². The van der Waals surface area contributed by atoms with Crippen molar-refractivity contribution in [1.29, 1.82) is 5.26 Å². The first-order valence-corrected chi connectivity index (χ1v) is 8.02. The Bertz CT molecular complexity index is 541. The fourth-order valence-electron chi connectivity index (χ4n) is 3.58. The van der Waals surface area contributed by atoms with Crippen LogP contribution in [-0.2, 0) is 4.74 Å². The Morgan fingerprint density at radius 2 is 2.10 bits per heavy atom. The predicted octanol–water partition coefficient (Wildman–Crippen LogP) is 4.13. The van der Waals surface area contributed by atoms with Crippen LogP contribution in [0.1, 0.15) is 56.1 Å². The zero-order valence-electron chi connectivity index (χ0n) is 12.7. The van der Waals surface area contributed by atoms with Gasteiger partial charge in [-0.1, -0.05) is 25.3 Å². The molecular weight excluding hydrogens is 262 g/mol. The molecule has 1 aromatic rings. The predicted molar refractivity (Wildman–Crippen MR) is 81.3 cm³/mol. The molecule has 0 bridgehead atoms. The van der Waals surface area contributed by atoms with Gasteiger partial charge in [0, 0.05) is 0 Å². The highest BCUT2D eigenvalue weighted by Gasteiger charge is 2.40. The van der Waals surface area contributed by atoms with E-state index in [2.05, 4.69) is 6.07 Å². The van der Waals surface area contributed by atoms with E-state index >= 15 is 0 Å². The summed E-state index contributed by atoms with van der Waals surface area (Å²) in [6, 6.07) is 7.74. The molecule has 1 aliphatic carbocycles. The van der Waals surface area contributed by atoms with Crippen LogP contribution in [0.4, 0.5) is 0 Å². The van der Waals surface area contributed by atoms with Crippen molar-refractivity contribution in [3.63, 3.8) is 0 Å². The van der Waals surface area contributed by atoms with Crippen molar-refractivity contribution in [2.24, 2.45) is 0 Å². The van der Waals surface area contributed by atoms with Gasteiger partial charge in [-0.2, -0.15) is 5.26 Å². The molecule has 112 valence electrons. The van der Waals surface area contributed by atoms with E-state index in [1.54, 1.807) is 0 Å². The van der Waals surface area contributed by atoms with Gasteiger partial charge >= 0.3 is 0 Å². The Kier molecular flexibility index (Phi) is 4.17. The number of rotatable bonds is 3. The van der Waals surface area contributed by atoms with E-state index in [9.17, 15) is 0 Å². The number of benzene rings is 1. The van der Waals surface area contributed by atoms with Gasteiger partial charge in [0.25, 0.3) is 0 Å². The molecule has 1 aliphatic heterocycles. The van der Waals surface area contributed by atoms with Gasteiger partial charge < -0.3 is 9.47 Å². The summed E-state index contributed by atoms with van der Waals surface area (Å²) >= 11 is 0. The summed E-state index contributed by atoms with van der Waals surface area (Å²) in [5, 5.41) is 8.97. The second-order valence-electron chi connectivity index (χ2n) is 6.43. The molecule has 1 spiro atoms. The van der Waals surface area contributed by atoms with Crippen LogP contribution in [0.25, 0.3) is 0 Å². The van der Waals surface area contributed by atoms with Crippen molar-refractivity contribution in [2.45, 2.75) is 63.6 Å². The molecule has 2 fully saturated rings. The molecular formula is C18H23NO2. The smallest absolute Gasteiger partial charge is 0.123 e. The second-order valence-corrected chi connectivity index (χ2v) is 6.43. The molecule has 1 atom stereocenters. The lowest BCUT2D eigenvalue weighted by atomic mass is 9.83. The van der Waals surface area contributed by atoms with E-state index in [1.807, 2.05) is 25.1 Å². The molecule has 1 aromatic carbocycles. The summed E-state index contributed by atoms with van der Waals surface area (Å²) in [5.41, 5.74) is 1.86. The maximum Gasteiger partial charge on any atom is 0.123 e. The summed E-state index contributed by atoms with van der Waals surface area (Å²) in [7, 11) is 0. The highest BCUT2D eigenvalue weighted by molar-refractivity contribution is 5.41. The van der Waals surface area contributed by atoms with Crippen LogP contribution in [0.15, 0.2) is 18.2 Å². The van der Waals surface area contributed by atoms with Crippen LogP contribution < -0.4 is 4.74 Å². The standard InChI is InChI=1S/C18H23NO2/c1-14-5-6-15(12-19)11-17(14)20-13-16-7-10-18(21-16)8-3-2-4-9-18/h5-6,11,16H,2-4,7-10,13H2,1H3. The van der Waals surface area contributed by atoms with Crippen LogP contribution in [0.3, 0.4) is 0 Å². The molecule has 3 nitrogen and oxygen atoms in total. The first kappa shape index (κ1) is 14.4. The van der Waals surface area contributed by atoms with Gasteiger partial charge in [-0.25, -0.2) is 0 Å². The third kappa shape index (κ3) is 3.22. The van der Waals surface area contributed by atoms with Crippen molar-refractivity contribution < 1.29 is 9.47 Å². The van der Waals surface area contributed by atoms with Gasteiger partial charge in [0.2, 0.25) is 0 Å². The van der Waals surface area contributed by atoms with Crippen molar-refractivity contribution >= 4 is 0 Å². The van der Waals surface area contributed by atoms with E-state index in [1.165, 1.54) is 38.5 Å². The van der Waals surface area contributed by atoms with E-state index in [4.69, 9.17) is 14.7 Å². The molecule has 0 aromatic heterocycles. The molecule has 3 rings (SSSR count). The third-order valence-electron chi connectivity index (χ3n) is 4.85. The fourth-order valence-corrected chi connectivity index (χ4v) is 3.58. The Balaban J connectivity index is 1.58. The summed E-state index contributed by atoms with van der Waals surface area (Å²) in [6.07, 6.45) is 8.86. The first-order valence-electron chi connectivity index (χ1n) is 8.02. The first-order chi connectivity index (χ1) is 10.2. The Labute approximate surface area is 126 Å². The Hall–Kier alpha value is -1.53. The van der Waals surface area contributed by atoms with E-state index in [0.29, 0.717) is 12.2 Å². The van der Waals surface area contributed by atoms with E-state index in [-0.39, 0.29) is 11.7 Å². The Morgan fingerprint density at radius 3 is 2.86 bits per heavy atom. The monoisotopic (exact) mass is 285 g/mol. The van der Waals surface area contributed by atoms with Crippen molar-refractivity contribution in [2.75, 3.05) is 6.61 Å². The van der Waals surface area contributed by atoms with Crippen LogP contribution in [0, 0.1) is 18.3 Å². The van der Waals surface area contributed by atoms with Crippen LogP contribution in [0.2, 0.25) is 0 Å². The summed E-state index contributed by atoms with van der Waals surface area (Å²) < 4.78 is 12.2. The zero-order valence-corrected chi connectivity index (χ0v) is 12.7. The fraction of sp³-hybridized carbons (Fsp3) is 0.611. The summed E-state index contributed by atoms with van der Waals surface area (Å²) in [4.78, 5) is 0. The number of ether oxygens (including phenoxy) is 2. The normalized spacial score (nSPS) is 23.9. The minimum Gasteiger partial charge on any atom is -0.491 e. The van der Waals surface area contributed by atoms with Gasteiger partial charge in [-0.05, 0) is 50.3 Å². The largest absolute Gasteiger partial charge is 0.491 e. The second kappa shape index (κ2) is 6.07. The van der Waals surface area contributed by atoms with Crippen LogP contribution in [0.5, 0.6) is 5.75 Å². The number of nitriles is 1. The molecule has 0 N–H and O–H groups in total.